The van der Waals surface area contributed by atoms with E-state index in [4.69, 9.17) is 0 Å². The Bertz CT molecular complexity index is 2620. The molecule has 0 N–H and O–H groups in total. The maximum Gasteiger partial charge on any atom is 0.0540 e. The quantitative estimate of drug-likeness (QED) is 0.162. The molecule has 61 heavy (non-hydrogen) atoms. The fraction of sp³-hybridized carbons (Fsp3) is 0.333. The van der Waals surface area contributed by atoms with Crippen molar-refractivity contribution >= 4 is 27.8 Å². The molecule has 0 aliphatic rings. The summed E-state index contributed by atoms with van der Waals surface area (Å²) < 4.78 is 0. The van der Waals surface area contributed by atoms with E-state index in [0.29, 0.717) is 0 Å². The molecule has 1 heteroatoms. The second-order valence-corrected chi connectivity index (χ2v) is 22.5. The van der Waals surface area contributed by atoms with E-state index in [1.165, 1.54) is 72.0 Å². The number of para-hydroxylation sites is 2. The van der Waals surface area contributed by atoms with Crippen LogP contribution >= 0.6 is 0 Å². The number of benzene rings is 7. The van der Waals surface area contributed by atoms with Gasteiger partial charge < -0.3 is 4.90 Å². The molecular formula is C60H69N. The highest BCUT2D eigenvalue weighted by Gasteiger charge is 2.27. The Balaban J connectivity index is 1.54. The van der Waals surface area contributed by atoms with Gasteiger partial charge in [0.05, 0.1) is 11.4 Å². The van der Waals surface area contributed by atoms with E-state index >= 15 is 0 Å². The van der Waals surface area contributed by atoms with Gasteiger partial charge in [-0.2, -0.15) is 0 Å². The van der Waals surface area contributed by atoms with Gasteiger partial charge in [0, 0.05) is 16.8 Å². The molecule has 314 valence electrons. The molecule has 7 rings (SSSR count). The van der Waals surface area contributed by atoms with Crippen molar-refractivity contribution in [3.8, 4) is 33.4 Å². The molecular weight excluding hydrogens is 735 g/mol. The highest BCUT2D eigenvalue weighted by atomic mass is 15.1. The Hall–Kier alpha value is -5.40. The van der Waals surface area contributed by atoms with Crippen molar-refractivity contribution in [2.24, 2.45) is 0 Å². The average molecular weight is 804 g/mol. The van der Waals surface area contributed by atoms with Crippen LogP contribution in [0.1, 0.15) is 132 Å². The molecule has 7 aromatic carbocycles. The summed E-state index contributed by atoms with van der Waals surface area (Å²) in [5.74, 6) is 0. The summed E-state index contributed by atoms with van der Waals surface area (Å²) in [5.41, 5.74) is 17.6. The van der Waals surface area contributed by atoms with Crippen molar-refractivity contribution < 1.29 is 0 Å². The zero-order valence-electron chi connectivity index (χ0n) is 39.8. The first-order chi connectivity index (χ1) is 28.4. The van der Waals surface area contributed by atoms with Gasteiger partial charge in [-0.05, 0) is 112 Å². The standard InChI is InChI=1S/C60H69N/c1-56(2,3)43-30-32-48(33-31-43)61(53-28-18-16-24-49(53)41-34-44(57(4,5)6)38-45(35-41)58(7,8)9)54-29-19-17-25-51(54)52-27-21-23-40-22-20-26-50(55(40)52)42-36-46(59(10,11)12)39-47(37-42)60(13,14)15/h16-39H,1-15H3. The molecule has 0 aliphatic heterocycles. The molecule has 0 bridgehead atoms. The Morgan fingerprint density at radius 1 is 0.295 bits per heavy atom. The van der Waals surface area contributed by atoms with E-state index in [0.717, 1.165) is 17.1 Å². The van der Waals surface area contributed by atoms with E-state index in [2.05, 4.69) is 254 Å². The summed E-state index contributed by atoms with van der Waals surface area (Å²) in [5, 5.41) is 2.51. The molecule has 0 amide bonds. The van der Waals surface area contributed by atoms with Crippen LogP contribution in [0.15, 0.2) is 146 Å². The first-order valence-electron chi connectivity index (χ1n) is 22.3. The maximum atomic E-state index is 2.51. The Kier molecular flexibility index (Phi) is 11.3. The third-order valence-corrected chi connectivity index (χ3v) is 12.4. The minimum atomic E-state index is -0.00779. The Morgan fingerprint density at radius 3 is 1.10 bits per heavy atom. The van der Waals surface area contributed by atoms with Gasteiger partial charge in [0.2, 0.25) is 0 Å². The zero-order chi connectivity index (χ0) is 44.3. The van der Waals surface area contributed by atoms with E-state index < -0.39 is 0 Å². The zero-order valence-corrected chi connectivity index (χ0v) is 39.8. The van der Waals surface area contributed by atoms with Gasteiger partial charge in [0.25, 0.3) is 0 Å². The van der Waals surface area contributed by atoms with Crippen molar-refractivity contribution in [1.29, 1.82) is 0 Å². The number of fused-ring (bicyclic) bond motifs is 1. The van der Waals surface area contributed by atoms with E-state index in [1.807, 2.05) is 0 Å². The number of nitrogens with zero attached hydrogens (tertiary/aromatic N) is 1. The fourth-order valence-electron chi connectivity index (χ4n) is 8.43. The van der Waals surface area contributed by atoms with Gasteiger partial charge in [0.1, 0.15) is 0 Å². The summed E-state index contributed by atoms with van der Waals surface area (Å²) in [7, 11) is 0. The fourth-order valence-corrected chi connectivity index (χ4v) is 8.43. The molecule has 7 aromatic rings. The molecule has 0 fully saturated rings. The molecule has 0 aromatic heterocycles. The van der Waals surface area contributed by atoms with Crippen LogP contribution in [0.25, 0.3) is 44.2 Å². The SMILES string of the molecule is CC(C)(C)c1ccc(N(c2ccccc2-c2cc(C(C)(C)C)cc(C(C)(C)C)c2)c2ccccc2-c2cccc3cccc(-c4cc(C(C)(C)C)cc(C(C)(C)C)c4)c23)cc1. The molecule has 0 saturated heterocycles. The van der Waals surface area contributed by atoms with Crippen molar-refractivity contribution in [2.45, 2.75) is 131 Å². The monoisotopic (exact) mass is 804 g/mol. The van der Waals surface area contributed by atoms with E-state index in [1.54, 1.807) is 0 Å². The Labute approximate surface area is 368 Å². The normalized spacial score (nSPS) is 12.8. The lowest BCUT2D eigenvalue weighted by atomic mass is 9.78. The topological polar surface area (TPSA) is 3.24 Å². The highest BCUT2D eigenvalue weighted by Crippen LogP contribution is 2.48. The van der Waals surface area contributed by atoms with Crippen LogP contribution in [-0.2, 0) is 27.1 Å². The van der Waals surface area contributed by atoms with Gasteiger partial charge in [0.15, 0.2) is 0 Å². The lowest BCUT2D eigenvalue weighted by Crippen LogP contribution is -2.17. The van der Waals surface area contributed by atoms with Crippen LogP contribution in [0.2, 0.25) is 0 Å². The second-order valence-electron chi connectivity index (χ2n) is 22.5. The van der Waals surface area contributed by atoms with Crippen molar-refractivity contribution in [3.63, 3.8) is 0 Å². The number of rotatable bonds is 6. The van der Waals surface area contributed by atoms with Gasteiger partial charge >= 0.3 is 0 Å². The van der Waals surface area contributed by atoms with E-state index in [-0.39, 0.29) is 27.1 Å². The second kappa shape index (κ2) is 15.8. The van der Waals surface area contributed by atoms with Gasteiger partial charge in [-0.3, -0.25) is 0 Å². The van der Waals surface area contributed by atoms with Crippen molar-refractivity contribution in [3.05, 3.63) is 173 Å². The lowest BCUT2D eigenvalue weighted by Gasteiger charge is -2.32. The summed E-state index contributed by atoms with van der Waals surface area (Å²) in [6.45, 7) is 34.8. The molecule has 0 heterocycles. The molecule has 0 atom stereocenters. The molecule has 0 spiro atoms. The molecule has 0 radical (unpaired) electrons. The predicted molar refractivity (Wildman–Crippen MR) is 268 cm³/mol. The lowest BCUT2D eigenvalue weighted by molar-refractivity contribution is 0.568. The van der Waals surface area contributed by atoms with E-state index in [9.17, 15) is 0 Å². The van der Waals surface area contributed by atoms with Crippen LogP contribution in [0.4, 0.5) is 17.1 Å². The van der Waals surface area contributed by atoms with Crippen LogP contribution in [-0.4, -0.2) is 0 Å². The smallest absolute Gasteiger partial charge is 0.0540 e. The summed E-state index contributed by atoms with van der Waals surface area (Å²) >= 11 is 0. The van der Waals surface area contributed by atoms with Gasteiger partial charge in [-0.15, -0.1) is 0 Å². The largest absolute Gasteiger partial charge is 0.309 e. The molecule has 0 saturated carbocycles. The maximum absolute atomic E-state index is 2.51. The number of hydrogen-bond donors (Lipinski definition) is 0. The summed E-state index contributed by atoms with van der Waals surface area (Å²) in [6, 6.07) is 55.6. The Morgan fingerprint density at radius 2 is 0.656 bits per heavy atom. The predicted octanol–water partition coefficient (Wildman–Crippen LogP) is 17.8. The third-order valence-electron chi connectivity index (χ3n) is 12.4. The van der Waals surface area contributed by atoms with Crippen LogP contribution in [0.3, 0.4) is 0 Å². The van der Waals surface area contributed by atoms with Crippen LogP contribution < -0.4 is 4.90 Å². The highest BCUT2D eigenvalue weighted by molar-refractivity contribution is 6.09. The first-order valence-corrected chi connectivity index (χ1v) is 22.3. The molecule has 0 unspecified atom stereocenters. The van der Waals surface area contributed by atoms with Crippen molar-refractivity contribution in [1.82, 2.24) is 0 Å². The van der Waals surface area contributed by atoms with Gasteiger partial charge in [-0.25, -0.2) is 0 Å². The minimum absolute atomic E-state index is 0.00645. The van der Waals surface area contributed by atoms with Gasteiger partial charge in [-0.1, -0.05) is 225 Å². The van der Waals surface area contributed by atoms with Crippen molar-refractivity contribution in [2.75, 3.05) is 4.90 Å². The summed E-state index contributed by atoms with van der Waals surface area (Å²) in [6.07, 6.45) is 0. The first kappa shape index (κ1) is 43.7. The van der Waals surface area contributed by atoms with Crippen LogP contribution in [0, 0.1) is 0 Å². The third kappa shape index (κ3) is 9.13. The molecule has 0 aliphatic carbocycles. The van der Waals surface area contributed by atoms with Crippen LogP contribution in [0.5, 0.6) is 0 Å². The minimum Gasteiger partial charge on any atom is -0.309 e. The number of hydrogen-bond acceptors (Lipinski definition) is 1. The molecule has 1 nitrogen and oxygen atoms in total. The summed E-state index contributed by atoms with van der Waals surface area (Å²) in [4.78, 5) is 2.51. The average Bonchev–Trinajstić information content (AvgIpc) is 3.19. The number of anilines is 3.